The minimum atomic E-state index is -4.44. The summed E-state index contributed by atoms with van der Waals surface area (Å²) in [7, 11) is -1.41. The highest BCUT2D eigenvalue weighted by molar-refractivity contribution is 6.59. The van der Waals surface area contributed by atoms with Gasteiger partial charge in [0, 0.05) is 13.2 Å². The highest BCUT2D eigenvalue weighted by atomic mass is 19.4. The summed E-state index contributed by atoms with van der Waals surface area (Å²) in [5.41, 5.74) is -0.794. The van der Waals surface area contributed by atoms with Crippen LogP contribution < -0.4 is 5.46 Å². The van der Waals surface area contributed by atoms with Crippen LogP contribution in [0.1, 0.15) is 12.0 Å². The fraction of sp³-hybridized carbons (Fsp3) is 0.400. The molecule has 0 aliphatic rings. The van der Waals surface area contributed by atoms with Gasteiger partial charge in [0.05, 0.1) is 5.56 Å². The van der Waals surface area contributed by atoms with Crippen LogP contribution >= 0.6 is 0 Å². The second-order valence-corrected chi connectivity index (χ2v) is 3.42. The Bertz CT molecular complexity index is 357. The quantitative estimate of drug-likeness (QED) is 0.598. The molecule has 0 atom stereocenters. The minimum Gasteiger partial charge on any atom is -0.423 e. The second-order valence-electron chi connectivity index (χ2n) is 3.42. The molecular formula is C10H12BF3O3. The molecule has 0 amide bonds. The molecule has 2 N–H and O–H groups in total. The van der Waals surface area contributed by atoms with E-state index in [2.05, 4.69) is 0 Å². The summed E-state index contributed by atoms with van der Waals surface area (Å²) in [5.74, 6) is 0. The SMILES string of the molecule is OCCCOB(O)c1cccc(C(F)(F)F)c1. The molecular weight excluding hydrogens is 236 g/mol. The monoisotopic (exact) mass is 248 g/mol. The van der Waals surface area contributed by atoms with Gasteiger partial charge in [-0.25, -0.2) is 0 Å². The van der Waals surface area contributed by atoms with Crippen molar-refractivity contribution in [2.24, 2.45) is 0 Å². The lowest BCUT2D eigenvalue weighted by atomic mass is 9.79. The van der Waals surface area contributed by atoms with Crippen LogP contribution in [-0.4, -0.2) is 30.5 Å². The van der Waals surface area contributed by atoms with E-state index in [0.29, 0.717) is 6.42 Å². The lowest BCUT2D eigenvalue weighted by molar-refractivity contribution is -0.137. The summed E-state index contributed by atoms with van der Waals surface area (Å²) in [6.45, 7) is -0.0246. The third kappa shape index (κ3) is 4.37. The summed E-state index contributed by atoms with van der Waals surface area (Å²) < 4.78 is 42.0. The van der Waals surface area contributed by atoms with Crippen LogP contribution in [0, 0.1) is 0 Å². The van der Waals surface area contributed by atoms with Crippen molar-refractivity contribution in [3.8, 4) is 0 Å². The van der Waals surface area contributed by atoms with Crippen molar-refractivity contribution in [1.29, 1.82) is 0 Å². The van der Waals surface area contributed by atoms with Crippen molar-refractivity contribution >= 4 is 12.6 Å². The molecule has 1 rings (SSSR count). The average molecular weight is 248 g/mol. The third-order valence-electron chi connectivity index (χ3n) is 2.08. The van der Waals surface area contributed by atoms with Crippen LogP contribution in [0.15, 0.2) is 24.3 Å². The van der Waals surface area contributed by atoms with E-state index in [1.807, 2.05) is 0 Å². The maximum atomic E-state index is 12.4. The maximum absolute atomic E-state index is 12.4. The Kier molecular flexibility index (Phi) is 4.98. The Labute approximate surface area is 97.0 Å². The van der Waals surface area contributed by atoms with Gasteiger partial charge in [-0.05, 0) is 11.9 Å². The van der Waals surface area contributed by atoms with Gasteiger partial charge in [0.25, 0.3) is 0 Å². The van der Waals surface area contributed by atoms with Crippen LogP contribution in [-0.2, 0) is 10.8 Å². The molecule has 1 aromatic rings. The molecule has 0 aliphatic heterocycles. The summed E-state index contributed by atoms with van der Waals surface area (Å²) in [6, 6.07) is 4.31. The number of benzene rings is 1. The molecule has 0 saturated carbocycles. The topological polar surface area (TPSA) is 49.7 Å². The molecule has 0 unspecified atom stereocenters. The molecule has 0 fully saturated rings. The van der Waals surface area contributed by atoms with Crippen LogP contribution in [0.2, 0.25) is 0 Å². The highest BCUT2D eigenvalue weighted by Crippen LogP contribution is 2.28. The van der Waals surface area contributed by atoms with Crippen molar-refractivity contribution in [2.75, 3.05) is 13.2 Å². The zero-order valence-electron chi connectivity index (χ0n) is 8.94. The first-order valence-corrected chi connectivity index (χ1v) is 5.03. The average Bonchev–Trinajstić information content (AvgIpc) is 2.28. The number of hydrogen-bond donors (Lipinski definition) is 2. The second kappa shape index (κ2) is 6.04. The number of aliphatic hydroxyl groups is 1. The van der Waals surface area contributed by atoms with Gasteiger partial charge < -0.3 is 14.8 Å². The molecule has 0 spiro atoms. The van der Waals surface area contributed by atoms with E-state index >= 15 is 0 Å². The van der Waals surface area contributed by atoms with Gasteiger partial charge in [-0.2, -0.15) is 13.2 Å². The molecule has 0 radical (unpaired) electrons. The van der Waals surface area contributed by atoms with Crippen LogP contribution in [0.4, 0.5) is 13.2 Å². The zero-order valence-corrected chi connectivity index (χ0v) is 8.94. The van der Waals surface area contributed by atoms with Crippen molar-refractivity contribution in [3.63, 3.8) is 0 Å². The fourth-order valence-corrected chi connectivity index (χ4v) is 1.22. The summed E-state index contributed by atoms with van der Waals surface area (Å²) in [5, 5.41) is 18.0. The lowest BCUT2D eigenvalue weighted by Crippen LogP contribution is -2.34. The number of aliphatic hydroxyl groups excluding tert-OH is 1. The largest absolute Gasteiger partial charge is 0.491 e. The van der Waals surface area contributed by atoms with Crippen LogP contribution in [0.25, 0.3) is 0 Å². The number of rotatable bonds is 5. The van der Waals surface area contributed by atoms with Gasteiger partial charge in [-0.3, -0.25) is 0 Å². The normalized spacial score (nSPS) is 11.6. The lowest BCUT2D eigenvalue weighted by Gasteiger charge is -2.11. The standard InChI is InChI=1S/C10H12BF3O3/c12-10(13,14)8-3-1-4-9(7-8)11(16)17-6-2-5-15/h1,3-4,7,15-16H,2,5-6H2. The van der Waals surface area contributed by atoms with Crippen LogP contribution in [0.3, 0.4) is 0 Å². The van der Waals surface area contributed by atoms with E-state index in [4.69, 9.17) is 9.76 Å². The molecule has 94 valence electrons. The Balaban J connectivity index is 2.71. The highest BCUT2D eigenvalue weighted by Gasteiger charge is 2.31. The fourth-order valence-electron chi connectivity index (χ4n) is 1.22. The number of alkyl halides is 3. The van der Waals surface area contributed by atoms with Gasteiger partial charge in [-0.1, -0.05) is 24.3 Å². The van der Waals surface area contributed by atoms with Gasteiger partial charge in [0.1, 0.15) is 0 Å². The summed E-state index contributed by atoms with van der Waals surface area (Å²) in [4.78, 5) is 0. The number of hydrogen-bond acceptors (Lipinski definition) is 3. The Morgan fingerprint density at radius 1 is 1.29 bits per heavy atom. The molecule has 0 heterocycles. The molecule has 17 heavy (non-hydrogen) atoms. The van der Waals surface area contributed by atoms with Crippen LogP contribution in [0.5, 0.6) is 0 Å². The molecule has 1 aromatic carbocycles. The van der Waals surface area contributed by atoms with Gasteiger partial charge >= 0.3 is 13.3 Å². The van der Waals surface area contributed by atoms with Crippen molar-refractivity contribution in [3.05, 3.63) is 29.8 Å². The van der Waals surface area contributed by atoms with E-state index in [1.54, 1.807) is 0 Å². The number of halogens is 3. The van der Waals surface area contributed by atoms with Gasteiger partial charge in [0.15, 0.2) is 0 Å². The zero-order chi connectivity index (χ0) is 12.9. The van der Waals surface area contributed by atoms with Crippen molar-refractivity contribution in [1.82, 2.24) is 0 Å². The molecule has 7 heteroatoms. The van der Waals surface area contributed by atoms with E-state index in [0.717, 1.165) is 12.1 Å². The third-order valence-corrected chi connectivity index (χ3v) is 2.08. The summed E-state index contributed by atoms with van der Waals surface area (Å²) >= 11 is 0. The Morgan fingerprint density at radius 3 is 2.59 bits per heavy atom. The predicted molar refractivity (Wildman–Crippen MR) is 56.7 cm³/mol. The molecule has 3 nitrogen and oxygen atoms in total. The van der Waals surface area contributed by atoms with Gasteiger partial charge in [0.2, 0.25) is 0 Å². The van der Waals surface area contributed by atoms with E-state index in [1.165, 1.54) is 12.1 Å². The Morgan fingerprint density at radius 2 is 2.00 bits per heavy atom. The molecule has 0 aliphatic carbocycles. The summed E-state index contributed by atoms with van der Waals surface area (Å²) in [6.07, 6.45) is -4.13. The van der Waals surface area contributed by atoms with E-state index in [9.17, 15) is 18.2 Å². The first-order valence-electron chi connectivity index (χ1n) is 5.03. The first-order chi connectivity index (χ1) is 7.95. The van der Waals surface area contributed by atoms with E-state index < -0.39 is 18.9 Å². The smallest absolute Gasteiger partial charge is 0.423 e. The molecule has 0 bridgehead atoms. The van der Waals surface area contributed by atoms with E-state index in [-0.39, 0.29) is 18.7 Å². The molecule has 0 aromatic heterocycles. The first kappa shape index (κ1) is 14.0. The maximum Gasteiger partial charge on any atom is 0.491 e. The van der Waals surface area contributed by atoms with Crippen molar-refractivity contribution < 1.29 is 28.0 Å². The van der Waals surface area contributed by atoms with Crippen molar-refractivity contribution in [2.45, 2.75) is 12.6 Å². The minimum absolute atomic E-state index is 0.0396. The molecule has 0 saturated heterocycles. The predicted octanol–water partition coefficient (Wildman–Crippen LogP) is 0.792. The van der Waals surface area contributed by atoms with Gasteiger partial charge in [-0.15, -0.1) is 0 Å². The Hall–Kier alpha value is -1.05.